The molecule has 0 unspecified atom stereocenters. The summed E-state index contributed by atoms with van der Waals surface area (Å²) < 4.78 is 11.7. The molecule has 0 spiro atoms. The van der Waals surface area contributed by atoms with E-state index in [0.29, 0.717) is 26.4 Å². The fourth-order valence-corrected chi connectivity index (χ4v) is 5.22. The third-order valence-electron chi connectivity index (χ3n) is 5.64. The summed E-state index contributed by atoms with van der Waals surface area (Å²) in [7, 11) is 1.53. The Kier molecular flexibility index (Phi) is 8.07. The molecule has 0 aliphatic carbocycles. The van der Waals surface area contributed by atoms with E-state index < -0.39 is 0 Å². The summed E-state index contributed by atoms with van der Waals surface area (Å²) in [5.74, 6) is 0.482. The maximum Gasteiger partial charge on any atom is 0.266 e. The van der Waals surface area contributed by atoms with Crippen LogP contribution in [-0.4, -0.2) is 34.8 Å². The van der Waals surface area contributed by atoms with Crippen LogP contribution in [-0.2, 0) is 9.59 Å². The van der Waals surface area contributed by atoms with E-state index >= 15 is 0 Å². The third-order valence-corrected chi connectivity index (χ3v) is 6.97. The second-order valence-electron chi connectivity index (χ2n) is 8.25. The highest BCUT2D eigenvalue weighted by atomic mass is 32.2. The Hall–Kier alpha value is -3.62. The minimum Gasteiger partial charge on any atom is -0.493 e. The van der Waals surface area contributed by atoms with E-state index in [2.05, 4.69) is 5.32 Å². The number of anilines is 1. The molecule has 36 heavy (non-hydrogen) atoms. The number of benzene rings is 3. The van der Waals surface area contributed by atoms with Gasteiger partial charge in [-0.2, -0.15) is 0 Å². The van der Waals surface area contributed by atoms with Crippen molar-refractivity contribution in [1.82, 2.24) is 4.90 Å². The van der Waals surface area contributed by atoms with Crippen LogP contribution in [0.4, 0.5) is 5.69 Å². The van der Waals surface area contributed by atoms with Gasteiger partial charge in [-0.3, -0.25) is 14.5 Å². The molecule has 4 rings (SSSR count). The second-order valence-corrected chi connectivity index (χ2v) is 9.93. The largest absolute Gasteiger partial charge is 0.493 e. The molecule has 0 aromatic heterocycles. The van der Waals surface area contributed by atoms with Crippen LogP contribution >= 0.6 is 24.0 Å². The van der Waals surface area contributed by atoms with Crippen molar-refractivity contribution in [3.05, 3.63) is 94.4 Å². The molecule has 1 aliphatic heterocycles. The molecule has 0 radical (unpaired) electrons. The zero-order valence-electron chi connectivity index (χ0n) is 20.2. The molecule has 1 saturated heterocycles. The fourth-order valence-electron chi connectivity index (χ4n) is 3.80. The topological polar surface area (TPSA) is 67.9 Å². The molecule has 1 heterocycles. The summed E-state index contributed by atoms with van der Waals surface area (Å²) in [6.45, 7) is 3.76. The summed E-state index contributed by atoms with van der Waals surface area (Å²) in [4.78, 5) is 27.6. The molecular formula is C28H26N2O4S2. The second kappa shape index (κ2) is 11.4. The van der Waals surface area contributed by atoms with Gasteiger partial charge in [0.05, 0.1) is 18.1 Å². The molecule has 1 fully saturated rings. The van der Waals surface area contributed by atoms with Crippen LogP contribution in [0.5, 0.6) is 11.5 Å². The van der Waals surface area contributed by atoms with Crippen LogP contribution in [0, 0.1) is 6.92 Å². The number of carbonyl (C=O) groups excluding carboxylic acids is 2. The fraction of sp³-hybridized carbons (Fsp3) is 0.179. The number of carbonyl (C=O) groups is 2. The SMILES string of the molecule is COc1cc(/C=C2\SC(=S)N([C@@H](C)c3ccccc3)C2=O)ccc1OCC(=O)Nc1cccc(C)c1. The minimum absolute atomic E-state index is 0.131. The lowest BCUT2D eigenvalue weighted by Gasteiger charge is -2.23. The van der Waals surface area contributed by atoms with Gasteiger partial charge in [0.2, 0.25) is 0 Å². The maximum atomic E-state index is 13.2. The quantitative estimate of drug-likeness (QED) is 0.292. The highest BCUT2D eigenvalue weighted by Gasteiger charge is 2.35. The summed E-state index contributed by atoms with van der Waals surface area (Å²) >= 11 is 6.79. The van der Waals surface area contributed by atoms with E-state index in [9.17, 15) is 9.59 Å². The lowest BCUT2D eigenvalue weighted by Crippen LogP contribution is -2.30. The summed E-state index contributed by atoms with van der Waals surface area (Å²) in [5, 5.41) is 2.81. The monoisotopic (exact) mass is 518 g/mol. The van der Waals surface area contributed by atoms with Crippen molar-refractivity contribution in [2.75, 3.05) is 19.0 Å². The summed E-state index contributed by atoms with van der Waals surface area (Å²) in [5.41, 5.74) is 3.54. The van der Waals surface area contributed by atoms with Crippen LogP contribution in [0.2, 0.25) is 0 Å². The number of methoxy groups -OCH3 is 1. The molecule has 1 N–H and O–H groups in total. The van der Waals surface area contributed by atoms with Gasteiger partial charge in [-0.05, 0) is 60.9 Å². The van der Waals surface area contributed by atoms with Gasteiger partial charge in [0, 0.05) is 5.69 Å². The van der Waals surface area contributed by atoms with Crippen LogP contribution < -0.4 is 14.8 Å². The predicted molar refractivity (Wildman–Crippen MR) is 148 cm³/mol. The first-order valence-electron chi connectivity index (χ1n) is 11.3. The molecule has 6 nitrogen and oxygen atoms in total. The number of ether oxygens (including phenoxy) is 2. The van der Waals surface area contributed by atoms with E-state index in [1.54, 1.807) is 23.1 Å². The van der Waals surface area contributed by atoms with E-state index in [1.807, 2.05) is 74.5 Å². The van der Waals surface area contributed by atoms with E-state index in [4.69, 9.17) is 21.7 Å². The number of thioether (sulfide) groups is 1. The van der Waals surface area contributed by atoms with Crippen molar-refractivity contribution in [2.24, 2.45) is 0 Å². The Bertz CT molecular complexity index is 1320. The minimum atomic E-state index is -0.275. The molecule has 0 bridgehead atoms. The van der Waals surface area contributed by atoms with Crippen LogP contribution in [0.1, 0.15) is 29.7 Å². The normalized spacial score (nSPS) is 15.2. The van der Waals surface area contributed by atoms with Crippen LogP contribution in [0.15, 0.2) is 77.7 Å². The number of nitrogens with zero attached hydrogens (tertiary/aromatic N) is 1. The Morgan fingerprint density at radius 1 is 1.08 bits per heavy atom. The molecular weight excluding hydrogens is 492 g/mol. The third kappa shape index (κ3) is 5.95. The van der Waals surface area contributed by atoms with Crippen molar-refractivity contribution in [2.45, 2.75) is 19.9 Å². The summed E-state index contributed by atoms with van der Waals surface area (Å²) in [6.07, 6.45) is 1.79. The molecule has 3 aromatic carbocycles. The van der Waals surface area contributed by atoms with Gasteiger partial charge in [0.15, 0.2) is 18.1 Å². The van der Waals surface area contributed by atoms with Gasteiger partial charge in [0.1, 0.15) is 4.32 Å². The first kappa shape index (κ1) is 25.5. The smallest absolute Gasteiger partial charge is 0.266 e. The van der Waals surface area contributed by atoms with Gasteiger partial charge in [-0.25, -0.2) is 0 Å². The van der Waals surface area contributed by atoms with Gasteiger partial charge in [0.25, 0.3) is 11.8 Å². The Labute approximate surface area is 220 Å². The molecule has 184 valence electrons. The van der Waals surface area contributed by atoms with Gasteiger partial charge in [-0.1, -0.05) is 72.5 Å². The zero-order chi connectivity index (χ0) is 25.7. The number of nitrogens with one attached hydrogen (secondary N) is 1. The van der Waals surface area contributed by atoms with Crippen molar-refractivity contribution in [3.8, 4) is 11.5 Å². The molecule has 1 atom stereocenters. The number of thiocarbonyl (C=S) groups is 1. The first-order valence-corrected chi connectivity index (χ1v) is 12.6. The van der Waals surface area contributed by atoms with Gasteiger partial charge < -0.3 is 14.8 Å². The van der Waals surface area contributed by atoms with E-state index in [-0.39, 0.29) is 24.5 Å². The average Bonchev–Trinajstić information content (AvgIpc) is 3.15. The highest BCUT2D eigenvalue weighted by molar-refractivity contribution is 8.26. The van der Waals surface area contributed by atoms with Crippen molar-refractivity contribution in [1.29, 1.82) is 0 Å². The number of amides is 2. The molecule has 8 heteroatoms. The first-order chi connectivity index (χ1) is 17.4. The van der Waals surface area contributed by atoms with E-state index in [0.717, 1.165) is 16.7 Å². The van der Waals surface area contributed by atoms with Crippen molar-refractivity contribution >= 4 is 51.9 Å². The molecule has 2 amide bonds. The van der Waals surface area contributed by atoms with Gasteiger partial charge in [-0.15, -0.1) is 0 Å². The van der Waals surface area contributed by atoms with Gasteiger partial charge >= 0.3 is 0 Å². The molecule has 1 aliphatic rings. The molecule has 0 saturated carbocycles. The lowest BCUT2D eigenvalue weighted by molar-refractivity contribution is -0.123. The van der Waals surface area contributed by atoms with Crippen LogP contribution in [0.3, 0.4) is 0 Å². The Morgan fingerprint density at radius 2 is 1.86 bits per heavy atom. The predicted octanol–water partition coefficient (Wildman–Crippen LogP) is 5.98. The molecule has 3 aromatic rings. The number of aryl methyl sites for hydroxylation is 1. The number of hydrogen-bond acceptors (Lipinski definition) is 6. The van der Waals surface area contributed by atoms with Crippen LogP contribution in [0.25, 0.3) is 6.08 Å². The summed E-state index contributed by atoms with van der Waals surface area (Å²) in [6, 6.07) is 22.5. The Balaban J connectivity index is 1.44. The van der Waals surface area contributed by atoms with E-state index in [1.165, 1.54) is 18.9 Å². The number of rotatable bonds is 8. The number of hydrogen-bond donors (Lipinski definition) is 1. The van der Waals surface area contributed by atoms with Crippen molar-refractivity contribution in [3.63, 3.8) is 0 Å². The maximum absolute atomic E-state index is 13.2. The zero-order valence-corrected chi connectivity index (χ0v) is 21.8. The van der Waals surface area contributed by atoms with Crippen molar-refractivity contribution < 1.29 is 19.1 Å². The standard InChI is InChI=1S/C28H26N2O4S2/c1-18-8-7-11-22(14-18)29-26(31)17-34-23-13-12-20(15-24(23)33-3)16-25-27(32)30(28(35)36-25)19(2)21-9-5-4-6-10-21/h4-16,19H,17H2,1-3H3,(H,29,31)/b25-16-/t19-/m0/s1. The Morgan fingerprint density at radius 3 is 2.58 bits per heavy atom. The average molecular weight is 519 g/mol. The highest BCUT2D eigenvalue weighted by Crippen LogP contribution is 2.38. The lowest BCUT2D eigenvalue weighted by atomic mass is 10.1.